The highest BCUT2D eigenvalue weighted by Crippen LogP contribution is 2.42. The van der Waals surface area contributed by atoms with Gasteiger partial charge in [-0.2, -0.15) is 0 Å². The molecule has 2 aliphatic rings. The second-order valence-electron chi connectivity index (χ2n) is 5.84. The summed E-state index contributed by atoms with van der Waals surface area (Å²) in [5, 5.41) is 0. The van der Waals surface area contributed by atoms with Crippen LogP contribution in [0.25, 0.3) is 0 Å². The Bertz CT molecular complexity index is 468. The van der Waals surface area contributed by atoms with Gasteiger partial charge in [0.15, 0.2) is 0 Å². The molecule has 0 unspecified atom stereocenters. The smallest absolute Gasteiger partial charge is 0.224 e. The monoisotopic (exact) mass is 261 g/mol. The first-order valence-electron chi connectivity index (χ1n) is 7.60. The Morgan fingerprint density at radius 2 is 2.21 bits per heavy atom. The molecule has 4 heteroatoms. The number of hydrogen-bond acceptors (Lipinski definition) is 2. The van der Waals surface area contributed by atoms with E-state index >= 15 is 0 Å². The first-order chi connectivity index (χ1) is 9.28. The number of fused-ring (bicyclic) bond motifs is 3. The van der Waals surface area contributed by atoms with E-state index in [4.69, 9.17) is 0 Å². The Morgan fingerprint density at radius 3 is 3.05 bits per heavy atom. The van der Waals surface area contributed by atoms with E-state index in [0.29, 0.717) is 12.3 Å². The molecule has 1 amide bonds. The Kier molecular flexibility index (Phi) is 3.33. The predicted octanol–water partition coefficient (Wildman–Crippen LogP) is 2.68. The van der Waals surface area contributed by atoms with Crippen LogP contribution in [0.3, 0.4) is 0 Å². The maximum Gasteiger partial charge on any atom is 0.224 e. The Balaban J connectivity index is 1.84. The molecule has 104 valence electrons. The molecule has 0 aromatic carbocycles. The van der Waals surface area contributed by atoms with Gasteiger partial charge < -0.3 is 9.47 Å². The molecule has 0 spiro atoms. The number of nitrogens with zero attached hydrogens (tertiary/aromatic N) is 3. The van der Waals surface area contributed by atoms with Gasteiger partial charge in [0.2, 0.25) is 5.91 Å². The van der Waals surface area contributed by atoms with Crippen LogP contribution in [-0.2, 0) is 16.9 Å². The van der Waals surface area contributed by atoms with Crippen molar-refractivity contribution >= 4 is 5.91 Å². The molecule has 1 aromatic rings. The summed E-state index contributed by atoms with van der Waals surface area (Å²) in [6, 6.07) is 0. The summed E-state index contributed by atoms with van der Waals surface area (Å²) in [6.45, 7) is 3.11. The lowest BCUT2D eigenvalue weighted by molar-refractivity contribution is -0.135. The van der Waals surface area contributed by atoms with Crippen LogP contribution in [0.4, 0.5) is 0 Å². The predicted molar refractivity (Wildman–Crippen MR) is 73.6 cm³/mol. The number of amides is 1. The SMILES string of the molecule is CCCCCC[C@@]12CCC(=O)N1CCc1cncn12. The Hall–Kier alpha value is -1.32. The Morgan fingerprint density at radius 1 is 1.32 bits per heavy atom. The van der Waals surface area contributed by atoms with Crippen molar-refractivity contribution in [2.75, 3.05) is 6.54 Å². The number of unbranched alkanes of at least 4 members (excludes halogenated alkanes) is 3. The normalized spacial score (nSPS) is 25.5. The highest BCUT2D eigenvalue weighted by molar-refractivity contribution is 5.79. The van der Waals surface area contributed by atoms with Crippen LogP contribution in [0.2, 0.25) is 0 Å². The van der Waals surface area contributed by atoms with Crippen molar-refractivity contribution in [1.29, 1.82) is 0 Å². The maximum absolute atomic E-state index is 12.1. The molecule has 0 aliphatic carbocycles. The zero-order chi connectivity index (χ0) is 13.3. The van der Waals surface area contributed by atoms with Crippen molar-refractivity contribution in [2.45, 2.75) is 64.0 Å². The van der Waals surface area contributed by atoms with Crippen molar-refractivity contribution in [1.82, 2.24) is 14.5 Å². The van der Waals surface area contributed by atoms with Crippen LogP contribution in [0.1, 0.15) is 57.6 Å². The molecule has 1 saturated heterocycles. The van der Waals surface area contributed by atoms with Gasteiger partial charge >= 0.3 is 0 Å². The van der Waals surface area contributed by atoms with Gasteiger partial charge in [0, 0.05) is 31.3 Å². The first kappa shape index (κ1) is 12.7. The van der Waals surface area contributed by atoms with E-state index in [0.717, 1.165) is 25.8 Å². The molecule has 19 heavy (non-hydrogen) atoms. The van der Waals surface area contributed by atoms with Gasteiger partial charge in [-0.3, -0.25) is 4.79 Å². The number of carbonyl (C=O) groups is 1. The molecule has 0 N–H and O–H groups in total. The molecular formula is C15H23N3O. The first-order valence-corrected chi connectivity index (χ1v) is 7.60. The molecule has 3 rings (SSSR count). The topological polar surface area (TPSA) is 38.1 Å². The minimum atomic E-state index is -0.0884. The van der Waals surface area contributed by atoms with E-state index in [-0.39, 0.29) is 5.66 Å². The average Bonchev–Trinajstić information content (AvgIpc) is 3.01. The highest BCUT2D eigenvalue weighted by Gasteiger charge is 2.48. The zero-order valence-electron chi connectivity index (χ0n) is 11.8. The lowest BCUT2D eigenvalue weighted by Crippen LogP contribution is -2.52. The number of carbonyl (C=O) groups excluding carboxylic acids is 1. The molecule has 3 heterocycles. The molecule has 1 aromatic heterocycles. The molecule has 1 fully saturated rings. The molecule has 2 aliphatic heterocycles. The average molecular weight is 261 g/mol. The van der Waals surface area contributed by atoms with Crippen LogP contribution < -0.4 is 0 Å². The molecule has 0 saturated carbocycles. The van der Waals surface area contributed by atoms with Crippen molar-refractivity contribution in [3.63, 3.8) is 0 Å². The fourth-order valence-electron chi connectivity index (χ4n) is 3.72. The summed E-state index contributed by atoms with van der Waals surface area (Å²) in [4.78, 5) is 18.5. The number of aromatic nitrogens is 2. The van der Waals surface area contributed by atoms with E-state index in [2.05, 4.69) is 21.4 Å². The van der Waals surface area contributed by atoms with Crippen molar-refractivity contribution in [3.8, 4) is 0 Å². The van der Waals surface area contributed by atoms with Gasteiger partial charge in [-0.25, -0.2) is 4.98 Å². The summed E-state index contributed by atoms with van der Waals surface area (Å²) < 4.78 is 2.29. The fraction of sp³-hybridized carbons (Fsp3) is 0.733. The number of imidazole rings is 1. The lowest BCUT2D eigenvalue weighted by Gasteiger charge is -2.44. The van der Waals surface area contributed by atoms with Gasteiger partial charge in [0.25, 0.3) is 0 Å². The summed E-state index contributed by atoms with van der Waals surface area (Å²) in [5.41, 5.74) is 1.20. The fourth-order valence-corrected chi connectivity index (χ4v) is 3.72. The van der Waals surface area contributed by atoms with Crippen molar-refractivity contribution in [2.24, 2.45) is 0 Å². The molecule has 0 bridgehead atoms. The van der Waals surface area contributed by atoms with E-state index in [1.807, 2.05) is 12.5 Å². The van der Waals surface area contributed by atoms with E-state index < -0.39 is 0 Å². The summed E-state index contributed by atoms with van der Waals surface area (Å²) in [5.74, 6) is 0.329. The summed E-state index contributed by atoms with van der Waals surface area (Å²) >= 11 is 0. The quantitative estimate of drug-likeness (QED) is 0.764. The van der Waals surface area contributed by atoms with Crippen LogP contribution >= 0.6 is 0 Å². The molecule has 0 radical (unpaired) electrons. The standard InChI is InChI=1S/C15H23N3O/c1-2-3-4-5-8-15-9-6-14(19)17(15)10-7-13-11-16-12-18(13)15/h11-12H,2-10H2,1H3/t15-/m1/s1. The van der Waals surface area contributed by atoms with Gasteiger partial charge in [-0.1, -0.05) is 26.2 Å². The van der Waals surface area contributed by atoms with Gasteiger partial charge in [-0.05, 0) is 19.3 Å². The van der Waals surface area contributed by atoms with E-state index in [1.54, 1.807) is 0 Å². The van der Waals surface area contributed by atoms with Crippen molar-refractivity contribution in [3.05, 3.63) is 18.2 Å². The van der Waals surface area contributed by atoms with Crippen LogP contribution in [0.5, 0.6) is 0 Å². The van der Waals surface area contributed by atoms with E-state index in [1.165, 1.54) is 31.4 Å². The third kappa shape index (κ3) is 1.97. The summed E-state index contributed by atoms with van der Waals surface area (Å²) in [7, 11) is 0. The number of hydrogen-bond donors (Lipinski definition) is 0. The minimum absolute atomic E-state index is 0.0884. The summed E-state index contributed by atoms with van der Waals surface area (Å²) in [6.07, 6.45) is 12.6. The zero-order valence-corrected chi connectivity index (χ0v) is 11.8. The van der Waals surface area contributed by atoms with Gasteiger partial charge in [0.1, 0.15) is 5.66 Å². The third-order valence-corrected chi connectivity index (χ3v) is 4.73. The second-order valence-corrected chi connectivity index (χ2v) is 5.84. The highest BCUT2D eigenvalue weighted by atomic mass is 16.2. The van der Waals surface area contributed by atoms with Crippen LogP contribution in [0, 0.1) is 0 Å². The van der Waals surface area contributed by atoms with Crippen molar-refractivity contribution < 1.29 is 4.79 Å². The lowest BCUT2D eigenvalue weighted by atomic mass is 9.95. The second kappa shape index (κ2) is 4.99. The molecular weight excluding hydrogens is 238 g/mol. The molecule has 1 atom stereocenters. The van der Waals surface area contributed by atoms with Gasteiger partial charge in [0.05, 0.1) is 6.33 Å². The van der Waals surface area contributed by atoms with Crippen LogP contribution in [-0.4, -0.2) is 26.9 Å². The molecule has 4 nitrogen and oxygen atoms in total. The maximum atomic E-state index is 12.1. The minimum Gasteiger partial charge on any atom is -0.319 e. The number of rotatable bonds is 5. The van der Waals surface area contributed by atoms with Gasteiger partial charge in [-0.15, -0.1) is 0 Å². The van der Waals surface area contributed by atoms with Crippen LogP contribution in [0.15, 0.2) is 12.5 Å². The third-order valence-electron chi connectivity index (χ3n) is 4.73. The Labute approximate surface area is 114 Å². The largest absolute Gasteiger partial charge is 0.319 e. The van der Waals surface area contributed by atoms with E-state index in [9.17, 15) is 4.79 Å².